The Morgan fingerprint density at radius 1 is 1.19 bits per heavy atom. The number of anilines is 1. The zero-order valence-electron chi connectivity index (χ0n) is 18.0. The Morgan fingerprint density at radius 2 is 2.10 bits per heavy atom. The van der Waals surface area contributed by atoms with E-state index in [2.05, 4.69) is 22.9 Å². The van der Waals surface area contributed by atoms with Gasteiger partial charge in [0.25, 0.3) is 0 Å². The molecule has 2 saturated heterocycles. The summed E-state index contributed by atoms with van der Waals surface area (Å²) in [6.07, 6.45) is 9.38. The fraction of sp³-hybridized carbons (Fsp3) is 0.480. The molecular formula is C25H28N4O2. The van der Waals surface area contributed by atoms with Gasteiger partial charge >= 0.3 is 0 Å². The van der Waals surface area contributed by atoms with Crippen molar-refractivity contribution in [1.82, 2.24) is 14.9 Å². The van der Waals surface area contributed by atoms with Crippen LogP contribution in [0.1, 0.15) is 55.5 Å². The third kappa shape index (κ3) is 3.24. The number of nitrogens with zero attached hydrogens (tertiary/aromatic N) is 4. The van der Waals surface area contributed by atoms with Gasteiger partial charge in [0.1, 0.15) is 5.58 Å². The van der Waals surface area contributed by atoms with Crippen LogP contribution in [0.15, 0.2) is 45.9 Å². The van der Waals surface area contributed by atoms with Crippen molar-refractivity contribution < 1.29 is 4.42 Å². The average Bonchev–Trinajstić information content (AvgIpc) is 3.07. The molecule has 0 radical (unpaired) electrons. The SMILES string of the molecule is C[C@@H]1CCCN(c2ncc3c(n2)C[C@@H]2CC[C@@H]3N2Cc2coc3ccccc3c2=O)C1. The van der Waals surface area contributed by atoms with Crippen LogP contribution in [0.4, 0.5) is 5.95 Å². The minimum absolute atomic E-state index is 0.0814. The van der Waals surface area contributed by atoms with Crippen molar-refractivity contribution in [3.05, 3.63) is 63.8 Å². The molecule has 3 aliphatic heterocycles. The minimum Gasteiger partial charge on any atom is -0.464 e. The lowest BCUT2D eigenvalue weighted by Crippen LogP contribution is -2.40. The second kappa shape index (κ2) is 7.45. The van der Waals surface area contributed by atoms with E-state index in [4.69, 9.17) is 14.4 Å². The molecule has 0 amide bonds. The maximum absolute atomic E-state index is 13.0. The number of fused-ring (bicyclic) bond motifs is 5. The number of rotatable bonds is 3. The van der Waals surface area contributed by atoms with Crippen LogP contribution in [0.3, 0.4) is 0 Å². The molecule has 2 bridgehead atoms. The highest BCUT2D eigenvalue weighted by molar-refractivity contribution is 5.76. The van der Waals surface area contributed by atoms with E-state index < -0.39 is 0 Å². The van der Waals surface area contributed by atoms with Crippen LogP contribution in [0, 0.1) is 5.92 Å². The Balaban J connectivity index is 1.28. The van der Waals surface area contributed by atoms with E-state index in [9.17, 15) is 4.79 Å². The van der Waals surface area contributed by atoms with Crippen molar-refractivity contribution in [2.75, 3.05) is 18.0 Å². The van der Waals surface area contributed by atoms with E-state index in [1.54, 1.807) is 6.26 Å². The average molecular weight is 417 g/mol. The first-order valence-electron chi connectivity index (χ1n) is 11.5. The van der Waals surface area contributed by atoms with E-state index in [-0.39, 0.29) is 11.5 Å². The Labute approximate surface area is 181 Å². The smallest absolute Gasteiger partial charge is 0.225 e. The number of aromatic nitrogens is 2. The topological polar surface area (TPSA) is 62.5 Å². The van der Waals surface area contributed by atoms with Gasteiger partial charge in [-0.15, -0.1) is 0 Å². The molecule has 3 aromatic rings. The molecule has 6 heteroatoms. The number of hydrogen-bond donors (Lipinski definition) is 0. The summed E-state index contributed by atoms with van der Waals surface area (Å²) >= 11 is 0. The van der Waals surface area contributed by atoms with Gasteiger partial charge in [-0.3, -0.25) is 9.69 Å². The predicted molar refractivity (Wildman–Crippen MR) is 120 cm³/mol. The monoisotopic (exact) mass is 416 g/mol. The molecule has 3 aliphatic rings. The third-order valence-electron chi connectivity index (χ3n) is 7.36. The molecule has 0 unspecified atom stereocenters. The lowest BCUT2D eigenvalue weighted by Gasteiger charge is -2.36. The molecule has 2 fully saturated rings. The van der Waals surface area contributed by atoms with Crippen LogP contribution in [-0.2, 0) is 13.0 Å². The molecule has 3 atom stereocenters. The van der Waals surface area contributed by atoms with Crippen molar-refractivity contribution >= 4 is 16.9 Å². The fourth-order valence-corrected chi connectivity index (χ4v) is 5.76. The van der Waals surface area contributed by atoms with Crippen LogP contribution in [0.2, 0.25) is 0 Å². The van der Waals surface area contributed by atoms with E-state index in [0.717, 1.165) is 43.9 Å². The van der Waals surface area contributed by atoms with Crippen LogP contribution >= 0.6 is 0 Å². The normalized spacial score (nSPS) is 25.7. The summed E-state index contributed by atoms with van der Waals surface area (Å²) in [6.45, 7) is 5.04. The largest absolute Gasteiger partial charge is 0.464 e. The van der Waals surface area contributed by atoms with Gasteiger partial charge in [0.15, 0.2) is 5.43 Å². The van der Waals surface area contributed by atoms with Gasteiger partial charge in [0, 0.05) is 55.5 Å². The van der Waals surface area contributed by atoms with Gasteiger partial charge < -0.3 is 9.32 Å². The summed E-state index contributed by atoms with van der Waals surface area (Å²) in [4.78, 5) is 27.6. The summed E-state index contributed by atoms with van der Waals surface area (Å²) in [5.41, 5.74) is 3.91. The Morgan fingerprint density at radius 3 is 3.00 bits per heavy atom. The molecule has 2 aromatic heterocycles. The highest BCUT2D eigenvalue weighted by Gasteiger charge is 2.41. The number of piperidine rings is 1. The van der Waals surface area contributed by atoms with Crippen molar-refractivity contribution in [3.8, 4) is 0 Å². The molecule has 6 rings (SSSR count). The molecule has 5 heterocycles. The van der Waals surface area contributed by atoms with Crippen molar-refractivity contribution in [2.24, 2.45) is 5.92 Å². The minimum atomic E-state index is 0.0814. The van der Waals surface area contributed by atoms with Gasteiger partial charge in [-0.2, -0.15) is 0 Å². The standard InChI is InChI=1S/C25H28N4O2/c1-16-5-4-10-28(13-16)25-26-12-20-21(27-25)11-18-8-9-22(20)29(18)14-17-15-31-23-7-3-2-6-19(23)24(17)30/h2-3,6-7,12,15-16,18,22H,4-5,8-11,13-14H2,1H3/t16-,18+,22+/m1/s1. The van der Waals surface area contributed by atoms with Crippen molar-refractivity contribution in [3.63, 3.8) is 0 Å². The fourth-order valence-electron chi connectivity index (χ4n) is 5.76. The molecule has 0 aliphatic carbocycles. The first kappa shape index (κ1) is 19.0. The van der Waals surface area contributed by atoms with Crippen LogP contribution in [0.5, 0.6) is 0 Å². The zero-order chi connectivity index (χ0) is 20.9. The number of para-hydroxylation sites is 1. The predicted octanol–water partition coefficient (Wildman–Crippen LogP) is 4.08. The van der Waals surface area contributed by atoms with E-state index in [1.807, 2.05) is 24.3 Å². The number of benzene rings is 1. The van der Waals surface area contributed by atoms with Gasteiger partial charge in [-0.1, -0.05) is 19.1 Å². The molecular weight excluding hydrogens is 388 g/mol. The van der Waals surface area contributed by atoms with E-state index in [0.29, 0.717) is 29.5 Å². The zero-order valence-corrected chi connectivity index (χ0v) is 18.0. The molecule has 31 heavy (non-hydrogen) atoms. The van der Waals surface area contributed by atoms with Crippen LogP contribution in [-0.4, -0.2) is 34.0 Å². The van der Waals surface area contributed by atoms with Crippen molar-refractivity contribution in [2.45, 2.75) is 57.7 Å². The van der Waals surface area contributed by atoms with Gasteiger partial charge in [0.05, 0.1) is 17.3 Å². The van der Waals surface area contributed by atoms with Crippen LogP contribution in [0.25, 0.3) is 11.0 Å². The third-order valence-corrected chi connectivity index (χ3v) is 7.36. The van der Waals surface area contributed by atoms with Crippen molar-refractivity contribution in [1.29, 1.82) is 0 Å². The summed E-state index contributed by atoms with van der Waals surface area (Å²) in [7, 11) is 0. The van der Waals surface area contributed by atoms with Gasteiger partial charge in [-0.25, -0.2) is 9.97 Å². The lowest BCUT2D eigenvalue weighted by molar-refractivity contribution is 0.164. The second-order valence-corrected chi connectivity index (χ2v) is 9.48. The van der Waals surface area contributed by atoms with Crippen LogP contribution < -0.4 is 10.3 Å². The summed E-state index contributed by atoms with van der Waals surface area (Å²) in [5.74, 6) is 1.60. The molecule has 0 N–H and O–H groups in total. The highest BCUT2D eigenvalue weighted by Crippen LogP contribution is 2.44. The Hall–Kier alpha value is -2.73. The lowest BCUT2D eigenvalue weighted by atomic mass is 9.98. The van der Waals surface area contributed by atoms with Gasteiger partial charge in [0.2, 0.25) is 5.95 Å². The highest BCUT2D eigenvalue weighted by atomic mass is 16.3. The molecule has 6 nitrogen and oxygen atoms in total. The summed E-state index contributed by atoms with van der Waals surface area (Å²) in [5, 5.41) is 0.661. The quantitative estimate of drug-likeness (QED) is 0.641. The summed E-state index contributed by atoms with van der Waals surface area (Å²) < 4.78 is 5.76. The molecule has 0 saturated carbocycles. The second-order valence-electron chi connectivity index (χ2n) is 9.48. The molecule has 1 aromatic carbocycles. The molecule has 160 valence electrons. The maximum atomic E-state index is 13.0. The van der Waals surface area contributed by atoms with Gasteiger partial charge in [-0.05, 0) is 43.7 Å². The van der Waals surface area contributed by atoms with E-state index in [1.165, 1.54) is 24.1 Å². The Kier molecular flexibility index (Phi) is 4.56. The first-order chi connectivity index (χ1) is 15.2. The molecule has 0 spiro atoms. The summed E-state index contributed by atoms with van der Waals surface area (Å²) in [6, 6.07) is 8.19. The Bertz CT molecular complexity index is 1190. The van der Waals surface area contributed by atoms with E-state index >= 15 is 0 Å². The number of hydrogen-bond acceptors (Lipinski definition) is 6. The first-order valence-corrected chi connectivity index (χ1v) is 11.5. The maximum Gasteiger partial charge on any atom is 0.225 e.